The molecule has 0 fully saturated rings. The third kappa shape index (κ3) is 3.08. The molecule has 2 aromatic rings. The van der Waals surface area contributed by atoms with Crippen molar-refractivity contribution in [2.45, 2.75) is 19.5 Å². The molecule has 0 spiro atoms. The molecule has 0 aliphatic carbocycles. The number of aromatic nitrogens is 2. The molecule has 0 bridgehead atoms. The highest BCUT2D eigenvalue weighted by Crippen LogP contribution is 2.25. The zero-order valence-corrected chi connectivity index (χ0v) is 10.6. The van der Waals surface area contributed by atoms with E-state index in [-0.39, 0.29) is 11.7 Å². The number of nitro groups is 1. The Hall–Kier alpha value is -2.51. The average molecular weight is 282 g/mol. The zero-order chi connectivity index (χ0) is 14.7. The average Bonchev–Trinajstić information content (AvgIpc) is 2.86. The number of hydrogen-bond acceptors (Lipinski definition) is 4. The van der Waals surface area contributed by atoms with Gasteiger partial charge in [0, 0.05) is 18.4 Å². The normalized spacial score (nSPS) is 12.2. The summed E-state index contributed by atoms with van der Waals surface area (Å²) in [5, 5.41) is 17.1. The van der Waals surface area contributed by atoms with Crippen molar-refractivity contribution in [1.82, 2.24) is 9.78 Å². The van der Waals surface area contributed by atoms with Crippen molar-refractivity contribution in [2.24, 2.45) is 0 Å². The summed E-state index contributed by atoms with van der Waals surface area (Å²) in [6.45, 7) is 2.13. The molecule has 1 aromatic heterocycles. The smallest absolute Gasteiger partial charge is 0.275 e. The Bertz CT molecular complexity index is 593. The van der Waals surface area contributed by atoms with E-state index in [0.29, 0.717) is 18.7 Å². The van der Waals surface area contributed by atoms with Crippen molar-refractivity contribution in [2.75, 3.05) is 5.32 Å². The maximum atomic E-state index is 13.7. The van der Waals surface area contributed by atoms with Crippen LogP contribution in [0, 0.1) is 21.7 Å². The summed E-state index contributed by atoms with van der Waals surface area (Å²) in [7, 11) is 0. The number of nitrogens with zero attached hydrogens (tertiary/aromatic N) is 3. The second-order valence-electron chi connectivity index (χ2n) is 4.32. The maximum Gasteiger partial charge on any atom is 0.275 e. The van der Waals surface area contributed by atoms with Gasteiger partial charge in [0.15, 0.2) is 11.6 Å². The lowest BCUT2D eigenvalue weighted by Gasteiger charge is -2.16. The van der Waals surface area contributed by atoms with Crippen LogP contribution in [-0.2, 0) is 6.54 Å². The molecule has 20 heavy (non-hydrogen) atoms. The predicted molar refractivity (Wildman–Crippen MR) is 68.3 cm³/mol. The molecule has 106 valence electrons. The van der Waals surface area contributed by atoms with Crippen LogP contribution in [-0.4, -0.2) is 20.7 Å². The molecule has 1 unspecified atom stereocenters. The van der Waals surface area contributed by atoms with E-state index in [1.807, 2.05) is 0 Å². The molecule has 6 nitrogen and oxygen atoms in total. The number of rotatable bonds is 5. The van der Waals surface area contributed by atoms with Gasteiger partial charge in [-0.1, -0.05) is 0 Å². The van der Waals surface area contributed by atoms with Crippen LogP contribution in [0.15, 0.2) is 30.6 Å². The molecule has 1 atom stereocenters. The third-order valence-electron chi connectivity index (χ3n) is 2.65. The van der Waals surface area contributed by atoms with Gasteiger partial charge >= 0.3 is 0 Å². The minimum absolute atomic E-state index is 0.305. The Kier molecular flexibility index (Phi) is 3.92. The highest BCUT2D eigenvalue weighted by molar-refractivity contribution is 5.52. The Morgan fingerprint density at radius 2 is 2.10 bits per heavy atom. The predicted octanol–water partition coefficient (Wildman–Crippen LogP) is 2.57. The number of halogens is 2. The standard InChI is InChI=1S/C12H12F2N4O2/c1-8(7-17-4-2-3-15-17)16-12-10(13)5-9(18(19)20)6-11(12)14/h2-6,8,16H,7H2,1H3. The molecule has 0 amide bonds. The maximum absolute atomic E-state index is 13.7. The van der Waals surface area contributed by atoms with Gasteiger partial charge in [0.1, 0.15) is 5.69 Å². The summed E-state index contributed by atoms with van der Waals surface area (Å²) in [4.78, 5) is 9.65. The monoisotopic (exact) mass is 282 g/mol. The van der Waals surface area contributed by atoms with Gasteiger partial charge in [0.2, 0.25) is 0 Å². The molecular weight excluding hydrogens is 270 g/mol. The third-order valence-corrected chi connectivity index (χ3v) is 2.65. The molecule has 0 radical (unpaired) electrons. The van der Waals surface area contributed by atoms with Crippen LogP contribution in [0.5, 0.6) is 0 Å². The molecule has 0 saturated carbocycles. The summed E-state index contributed by atoms with van der Waals surface area (Å²) >= 11 is 0. The summed E-state index contributed by atoms with van der Waals surface area (Å²) < 4.78 is 29.0. The van der Waals surface area contributed by atoms with E-state index < -0.39 is 22.2 Å². The van der Waals surface area contributed by atoms with E-state index in [1.165, 1.54) is 0 Å². The van der Waals surface area contributed by atoms with Crippen LogP contribution in [0.3, 0.4) is 0 Å². The van der Waals surface area contributed by atoms with Gasteiger partial charge in [-0.15, -0.1) is 0 Å². The fraction of sp³-hybridized carbons (Fsp3) is 0.250. The highest BCUT2D eigenvalue weighted by Gasteiger charge is 2.18. The van der Waals surface area contributed by atoms with Crippen LogP contribution in [0.25, 0.3) is 0 Å². The van der Waals surface area contributed by atoms with Crippen molar-refractivity contribution in [3.05, 3.63) is 52.3 Å². The minimum atomic E-state index is -0.996. The quantitative estimate of drug-likeness (QED) is 0.675. The largest absolute Gasteiger partial charge is 0.376 e. The second kappa shape index (κ2) is 5.64. The van der Waals surface area contributed by atoms with Crippen LogP contribution in [0.1, 0.15) is 6.92 Å². The van der Waals surface area contributed by atoms with Gasteiger partial charge in [-0.25, -0.2) is 8.78 Å². The molecule has 0 aliphatic rings. The first kappa shape index (κ1) is 13.9. The first-order chi connectivity index (χ1) is 9.47. The topological polar surface area (TPSA) is 73.0 Å². The van der Waals surface area contributed by atoms with Crippen molar-refractivity contribution in [3.8, 4) is 0 Å². The Morgan fingerprint density at radius 1 is 1.45 bits per heavy atom. The number of anilines is 1. The van der Waals surface area contributed by atoms with Gasteiger partial charge in [0.05, 0.1) is 23.6 Å². The molecule has 1 N–H and O–H groups in total. The van der Waals surface area contributed by atoms with E-state index in [4.69, 9.17) is 0 Å². The van der Waals surface area contributed by atoms with Crippen LogP contribution >= 0.6 is 0 Å². The first-order valence-corrected chi connectivity index (χ1v) is 5.84. The van der Waals surface area contributed by atoms with E-state index in [1.54, 1.807) is 30.1 Å². The summed E-state index contributed by atoms with van der Waals surface area (Å²) in [5.74, 6) is -1.99. The second-order valence-corrected chi connectivity index (χ2v) is 4.32. The first-order valence-electron chi connectivity index (χ1n) is 5.84. The van der Waals surface area contributed by atoms with E-state index in [2.05, 4.69) is 10.4 Å². The van der Waals surface area contributed by atoms with Gasteiger partial charge in [-0.05, 0) is 13.0 Å². The molecule has 2 rings (SSSR count). The van der Waals surface area contributed by atoms with Gasteiger partial charge < -0.3 is 5.32 Å². The summed E-state index contributed by atoms with van der Waals surface area (Å²) in [6.07, 6.45) is 3.32. The van der Waals surface area contributed by atoms with Gasteiger partial charge in [-0.3, -0.25) is 14.8 Å². The van der Waals surface area contributed by atoms with E-state index >= 15 is 0 Å². The molecular formula is C12H12F2N4O2. The molecule has 1 aromatic carbocycles. The molecule has 8 heteroatoms. The minimum Gasteiger partial charge on any atom is -0.376 e. The fourth-order valence-electron chi connectivity index (χ4n) is 1.78. The van der Waals surface area contributed by atoms with Crippen LogP contribution < -0.4 is 5.32 Å². The Morgan fingerprint density at radius 3 is 2.60 bits per heavy atom. The summed E-state index contributed by atoms with van der Waals surface area (Å²) in [5.41, 5.74) is -1.000. The van der Waals surface area contributed by atoms with Crippen LogP contribution in [0.4, 0.5) is 20.2 Å². The van der Waals surface area contributed by atoms with Crippen LogP contribution in [0.2, 0.25) is 0 Å². The Labute approximate surface area is 113 Å². The van der Waals surface area contributed by atoms with Gasteiger partial charge in [-0.2, -0.15) is 5.10 Å². The zero-order valence-electron chi connectivity index (χ0n) is 10.6. The number of nitrogens with one attached hydrogen (secondary N) is 1. The highest BCUT2D eigenvalue weighted by atomic mass is 19.1. The summed E-state index contributed by atoms with van der Waals surface area (Å²) in [6, 6.07) is 2.80. The van der Waals surface area contributed by atoms with Gasteiger partial charge in [0.25, 0.3) is 5.69 Å². The van der Waals surface area contributed by atoms with E-state index in [0.717, 1.165) is 0 Å². The molecule has 1 heterocycles. The van der Waals surface area contributed by atoms with E-state index in [9.17, 15) is 18.9 Å². The lowest BCUT2D eigenvalue weighted by atomic mass is 10.2. The molecule has 0 aliphatic heterocycles. The Balaban J connectivity index is 2.14. The number of hydrogen-bond donors (Lipinski definition) is 1. The lowest BCUT2D eigenvalue weighted by molar-refractivity contribution is -0.385. The SMILES string of the molecule is CC(Cn1cccn1)Nc1c(F)cc([N+](=O)[O-])cc1F. The van der Waals surface area contributed by atoms with Crippen molar-refractivity contribution in [1.29, 1.82) is 0 Å². The number of nitro benzene ring substituents is 1. The molecule has 0 saturated heterocycles. The number of non-ortho nitro benzene ring substituents is 1. The van der Waals surface area contributed by atoms with Crippen molar-refractivity contribution >= 4 is 11.4 Å². The fourth-order valence-corrected chi connectivity index (χ4v) is 1.78. The number of benzene rings is 1. The lowest BCUT2D eigenvalue weighted by Crippen LogP contribution is -2.23. The van der Waals surface area contributed by atoms with Crippen molar-refractivity contribution in [3.63, 3.8) is 0 Å². The van der Waals surface area contributed by atoms with Crippen molar-refractivity contribution < 1.29 is 13.7 Å².